The van der Waals surface area contributed by atoms with Gasteiger partial charge >= 0.3 is 0 Å². The molecule has 1 aromatic carbocycles. The molecule has 2 aromatic rings. The number of nitrogens with zero attached hydrogens (tertiary/aromatic N) is 1. The fourth-order valence-electron chi connectivity index (χ4n) is 3.25. The highest BCUT2D eigenvalue weighted by Crippen LogP contribution is 2.26. The van der Waals surface area contributed by atoms with E-state index < -0.39 is 5.82 Å². The molecule has 4 nitrogen and oxygen atoms in total. The Morgan fingerprint density at radius 2 is 2.09 bits per heavy atom. The van der Waals surface area contributed by atoms with Crippen molar-refractivity contribution in [2.24, 2.45) is 5.92 Å². The van der Waals surface area contributed by atoms with E-state index in [1.807, 2.05) is 6.07 Å². The number of amides is 1. The van der Waals surface area contributed by atoms with Crippen molar-refractivity contribution in [3.63, 3.8) is 0 Å². The summed E-state index contributed by atoms with van der Waals surface area (Å²) < 4.78 is 13.3. The Morgan fingerprint density at radius 3 is 2.87 bits per heavy atom. The number of H-pyrrole nitrogens is 1. The van der Waals surface area contributed by atoms with Crippen molar-refractivity contribution in [1.29, 1.82) is 0 Å². The van der Waals surface area contributed by atoms with Gasteiger partial charge in [0.1, 0.15) is 5.82 Å². The maximum absolute atomic E-state index is 13.3. The summed E-state index contributed by atoms with van der Waals surface area (Å²) in [6.07, 6.45) is 7.46. The monoisotopic (exact) mass is 315 g/mol. The number of aryl methyl sites for hydroxylation is 1. The molecule has 0 bridgehead atoms. The Morgan fingerprint density at radius 1 is 1.30 bits per heavy atom. The molecule has 1 amide bonds. The van der Waals surface area contributed by atoms with Crippen LogP contribution in [-0.4, -0.2) is 16.1 Å². The lowest BCUT2D eigenvalue weighted by Gasteiger charge is -2.20. The number of hydrogen-bond acceptors (Lipinski definition) is 2. The summed E-state index contributed by atoms with van der Waals surface area (Å²) in [6.45, 7) is 1.79. The topological polar surface area (TPSA) is 57.8 Å². The third-order valence-corrected chi connectivity index (χ3v) is 4.55. The van der Waals surface area contributed by atoms with E-state index >= 15 is 0 Å². The highest BCUT2D eigenvalue weighted by atomic mass is 19.1. The number of carbonyl (C=O) groups excluding carboxylic acids is 1. The Kier molecular flexibility index (Phi) is 4.74. The second-order valence-electron chi connectivity index (χ2n) is 6.40. The summed E-state index contributed by atoms with van der Waals surface area (Å²) in [7, 11) is 0. The Hall–Kier alpha value is -2.17. The van der Waals surface area contributed by atoms with Gasteiger partial charge in [-0.05, 0) is 37.0 Å². The minimum atomic E-state index is -0.416. The molecule has 1 aliphatic carbocycles. The van der Waals surface area contributed by atoms with Gasteiger partial charge in [0.25, 0.3) is 5.91 Å². The lowest BCUT2D eigenvalue weighted by atomic mass is 9.86. The van der Waals surface area contributed by atoms with Crippen LogP contribution in [0.4, 0.5) is 10.2 Å². The van der Waals surface area contributed by atoms with Gasteiger partial charge in [-0.25, -0.2) is 4.39 Å². The zero-order chi connectivity index (χ0) is 16.2. The molecule has 0 saturated heterocycles. The van der Waals surface area contributed by atoms with E-state index in [0.717, 1.165) is 17.7 Å². The Balaban J connectivity index is 1.64. The lowest BCUT2D eigenvalue weighted by molar-refractivity contribution is 0.102. The van der Waals surface area contributed by atoms with Gasteiger partial charge in [0, 0.05) is 17.3 Å². The second-order valence-corrected chi connectivity index (χ2v) is 6.40. The Labute approximate surface area is 135 Å². The van der Waals surface area contributed by atoms with E-state index in [1.165, 1.54) is 44.2 Å². The van der Waals surface area contributed by atoms with Crippen LogP contribution >= 0.6 is 0 Å². The Bertz CT molecular complexity index is 689. The molecule has 0 radical (unpaired) electrons. The second kappa shape index (κ2) is 6.94. The number of halogens is 1. The molecule has 1 heterocycles. The molecule has 0 aliphatic heterocycles. The number of aromatic nitrogens is 2. The molecule has 1 aliphatic rings. The van der Waals surface area contributed by atoms with Crippen molar-refractivity contribution >= 4 is 11.7 Å². The van der Waals surface area contributed by atoms with Gasteiger partial charge in [-0.2, -0.15) is 5.10 Å². The number of aromatic amines is 1. The molecule has 0 unspecified atom stereocenters. The average Bonchev–Trinajstić information content (AvgIpc) is 2.97. The molecule has 3 rings (SSSR count). The first kappa shape index (κ1) is 15.7. The third-order valence-electron chi connectivity index (χ3n) is 4.55. The molecule has 1 saturated carbocycles. The van der Waals surface area contributed by atoms with Crippen molar-refractivity contribution in [3.8, 4) is 0 Å². The summed E-state index contributed by atoms with van der Waals surface area (Å²) in [6, 6.07) is 6.08. The molecular formula is C18H22FN3O. The van der Waals surface area contributed by atoms with Crippen LogP contribution in [0.5, 0.6) is 0 Å². The number of benzene rings is 1. The van der Waals surface area contributed by atoms with Crippen molar-refractivity contribution in [2.75, 3.05) is 5.32 Å². The number of anilines is 1. The maximum atomic E-state index is 13.3. The van der Waals surface area contributed by atoms with Crippen LogP contribution < -0.4 is 5.32 Å². The normalized spacial score (nSPS) is 15.6. The highest BCUT2D eigenvalue weighted by Gasteiger charge is 2.16. The molecule has 2 N–H and O–H groups in total. The largest absolute Gasteiger partial charge is 0.305 e. The molecule has 1 fully saturated rings. The molecule has 0 atom stereocenters. The summed E-state index contributed by atoms with van der Waals surface area (Å²) in [5.41, 5.74) is 2.12. The molecule has 23 heavy (non-hydrogen) atoms. The van der Waals surface area contributed by atoms with Crippen molar-refractivity contribution in [3.05, 3.63) is 46.9 Å². The fourth-order valence-corrected chi connectivity index (χ4v) is 3.25. The van der Waals surface area contributed by atoms with E-state index in [-0.39, 0.29) is 5.91 Å². The van der Waals surface area contributed by atoms with Crippen LogP contribution in [0.2, 0.25) is 0 Å². The van der Waals surface area contributed by atoms with Gasteiger partial charge in [0.15, 0.2) is 5.82 Å². The van der Waals surface area contributed by atoms with Crippen LogP contribution in [0.25, 0.3) is 0 Å². The van der Waals surface area contributed by atoms with E-state index in [1.54, 1.807) is 13.0 Å². The smallest absolute Gasteiger partial charge is 0.257 e. The van der Waals surface area contributed by atoms with Gasteiger partial charge in [0.05, 0.1) is 0 Å². The van der Waals surface area contributed by atoms with E-state index in [0.29, 0.717) is 17.3 Å². The summed E-state index contributed by atoms with van der Waals surface area (Å²) in [5, 5.41) is 9.88. The quantitative estimate of drug-likeness (QED) is 0.887. The van der Waals surface area contributed by atoms with Gasteiger partial charge in [-0.15, -0.1) is 0 Å². The van der Waals surface area contributed by atoms with Crippen LogP contribution in [0.15, 0.2) is 24.3 Å². The maximum Gasteiger partial charge on any atom is 0.257 e. The van der Waals surface area contributed by atoms with Gasteiger partial charge in [-0.3, -0.25) is 9.89 Å². The minimum absolute atomic E-state index is 0.335. The molecular weight excluding hydrogens is 293 g/mol. The highest BCUT2D eigenvalue weighted by molar-refractivity contribution is 6.04. The number of rotatable bonds is 4. The zero-order valence-corrected chi connectivity index (χ0v) is 13.4. The first-order chi connectivity index (χ1) is 11.1. The van der Waals surface area contributed by atoms with Crippen molar-refractivity contribution in [2.45, 2.75) is 45.4 Å². The lowest BCUT2D eigenvalue weighted by Crippen LogP contribution is -2.14. The van der Waals surface area contributed by atoms with Gasteiger partial charge in [-0.1, -0.05) is 38.2 Å². The van der Waals surface area contributed by atoms with Crippen LogP contribution in [0.1, 0.15) is 53.7 Å². The van der Waals surface area contributed by atoms with E-state index in [9.17, 15) is 9.18 Å². The van der Waals surface area contributed by atoms with Gasteiger partial charge in [0.2, 0.25) is 0 Å². The summed E-state index contributed by atoms with van der Waals surface area (Å²) in [5.74, 6) is 0.446. The molecule has 0 spiro atoms. The van der Waals surface area contributed by atoms with Crippen LogP contribution in [0, 0.1) is 18.7 Å². The molecule has 5 heteroatoms. The summed E-state index contributed by atoms with van der Waals surface area (Å²) >= 11 is 0. The predicted octanol–water partition coefficient (Wildman–Crippen LogP) is 4.23. The van der Waals surface area contributed by atoms with Gasteiger partial charge < -0.3 is 5.32 Å². The minimum Gasteiger partial charge on any atom is -0.305 e. The average molecular weight is 315 g/mol. The number of nitrogens with one attached hydrogen (secondary N) is 2. The van der Waals surface area contributed by atoms with Crippen LogP contribution in [-0.2, 0) is 6.42 Å². The van der Waals surface area contributed by atoms with Crippen LogP contribution in [0.3, 0.4) is 0 Å². The zero-order valence-electron chi connectivity index (χ0n) is 13.4. The van der Waals surface area contributed by atoms with Crippen molar-refractivity contribution < 1.29 is 9.18 Å². The first-order valence-corrected chi connectivity index (χ1v) is 8.23. The standard InChI is InChI=1S/C18H22FN3O/c1-12-7-8-14(19)10-16(12)18(23)20-17-11-15(21-22-17)9-13-5-3-2-4-6-13/h7-8,10-11,13H,2-6,9H2,1H3,(H2,20,21,22,23). The molecule has 122 valence electrons. The SMILES string of the molecule is Cc1ccc(F)cc1C(=O)Nc1cc(CC2CCCCC2)[nH]n1. The predicted molar refractivity (Wildman–Crippen MR) is 88.0 cm³/mol. The number of hydrogen-bond donors (Lipinski definition) is 2. The molecule has 1 aromatic heterocycles. The summed E-state index contributed by atoms with van der Waals surface area (Å²) in [4.78, 5) is 12.3. The third kappa shape index (κ3) is 3.97. The van der Waals surface area contributed by atoms with Crippen molar-refractivity contribution in [1.82, 2.24) is 10.2 Å². The fraction of sp³-hybridized carbons (Fsp3) is 0.444. The number of carbonyl (C=O) groups is 1. The van der Waals surface area contributed by atoms with E-state index in [4.69, 9.17) is 0 Å². The van der Waals surface area contributed by atoms with E-state index in [2.05, 4.69) is 15.5 Å². The first-order valence-electron chi connectivity index (χ1n) is 8.23.